The van der Waals surface area contributed by atoms with Crippen molar-refractivity contribution in [3.8, 4) is 11.5 Å². The summed E-state index contributed by atoms with van der Waals surface area (Å²) in [5.74, 6) is -1.13. The molecule has 0 unspecified atom stereocenters. The van der Waals surface area contributed by atoms with Gasteiger partial charge in [-0.2, -0.15) is 4.37 Å². The summed E-state index contributed by atoms with van der Waals surface area (Å²) in [4.78, 5) is 40.5. The molecule has 5 N–H and O–H groups in total. The summed E-state index contributed by atoms with van der Waals surface area (Å²) >= 11 is 0.708. The largest absolute Gasteiger partial charge is 0.493 e. The van der Waals surface area contributed by atoms with Crippen LogP contribution in [0.1, 0.15) is 44.8 Å². The third-order valence-corrected chi connectivity index (χ3v) is 6.72. The van der Waals surface area contributed by atoms with E-state index in [9.17, 15) is 14.4 Å². The van der Waals surface area contributed by atoms with Gasteiger partial charge in [-0.1, -0.05) is 0 Å². The first-order valence-corrected chi connectivity index (χ1v) is 12.2. The number of aromatic nitrogens is 1. The Morgan fingerprint density at radius 3 is 2.62 bits per heavy atom. The number of ether oxygens (including phenoxy) is 3. The average molecular weight is 530 g/mol. The Morgan fingerprint density at radius 1 is 1.24 bits per heavy atom. The highest BCUT2D eigenvalue weighted by molar-refractivity contribution is 7.09. The molecule has 12 nitrogen and oxygen atoms in total. The summed E-state index contributed by atoms with van der Waals surface area (Å²) in [7, 11) is 2.93. The number of benzene rings is 1. The van der Waals surface area contributed by atoms with Crippen molar-refractivity contribution in [1.29, 1.82) is 0 Å². The van der Waals surface area contributed by atoms with Crippen LogP contribution >= 0.6 is 11.5 Å². The molecule has 4 rings (SSSR count). The summed E-state index contributed by atoms with van der Waals surface area (Å²) in [5.41, 5.74) is 11.3. The van der Waals surface area contributed by atoms with Crippen molar-refractivity contribution in [2.75, 3.05) is 38.0 Å². The molecule has 2 atom stereocenters. The van der Waals surface area contributed by atoms with Gasteiger partial charge in [0.25, 0.3) is 17.7 Å². The fraction of sp³-hybridized carbons (Fsp3) is 0.333. The minimum atomic E-state index is -1.25. The molecule has 2 aromatic heterocycles. The number of nitrogens with one attached hydrogen (secondary N) is 1. The molecular formula is C24H27N5O7S. The van der Waals surface area contributed by atoms with Gasteiger partial charge in [-0.05, 0) is 48.6 Å². The Bertz CT molecular complexity index is 1270. The lowest BCUT2D eigenvalue weighted by molar-refractivity contribution is -0.123. The molecule has 3 amide bonds. The maximum Gasteiger partial charge on any atom is 0.273 e. The summed E-state index contributed by atoms with van der Waals surface area (Å²) in [6, 6.07) is 6.69. The first kappa shape index (κ1) is 26.0. The Labute approximate surface area is 216 Å². The zero-order valence-electron chi connectivity index (χ0n) is 20.3. The van der Waals surface area contributed by atoms with E-state index in [0.717, 1.165) is 12.8 Å². The molecule has 37 heavy (non-hydrogen) atoms. The Hall–Kier alpha value is -4.10. The molecular weight excluding hydrogens is 502 g/mol. The maximum atomic E-state index is 14.0. The highest BCUT2D eigenvalue weighted by Crippen LogP contribution is 2.38. The van der Waals surface area contributed by atoms with Gasteiger partial charge in [-0.3, -0.25) is 19.3 Å². The fourth-order valence-corrected chi connectivity index (χ4v) is 4.78. The third-order valence-electron chi connectivity index (χ3n) is 5.87. The van der Waals surface area contributed by atoms with Gasteiger partial charge in [0.2, 0.25) is 0 Å². The number of nitrogen functional groups attached to an aromatic ring is 1. The van der Waals surface area contributed by atoms with E-state index in [1.54, 1.807) is 30.3 Å². The minimum Gasteiger partial charge on any atom is -0.493 e. The van der Waals surface area contributed by atoms with Gasteiger partial charge < -0.3 is 35.4 Å². The molecule has 0 radical (unpaired) electrons. The maximum absolute atomic E-state index is 14.0. The zero-order chi connectivity index (χ0) is 26.5. The van der Waals surface area contributed by atoms with Gasteiger partial charge in [0.1, 0.15) is 10.6 Å². The summed E-state index contributed by atoms with van der Waals surface area (Å²) < 4.78 is 25.9. The van der Waals surface area contributed by atoms with Crippen molar-refractivity contribution < 1.29 is 33.0 Å². The second-order valence-corrected chi connectivity index (χ2v) is 8.92. The molecule has 0 spiro atoms. The minimum absolute atomic E-state index is 0.0629. The normalized spacial score (nSPS) is 15.7. The standard InChI is InChI=1S/C24H27N5O7S/c1-33-15-8-7-13(11-17(15)34-2)29(24(32)21-18(25)19(22(26)30)28-37-21)20(16-6-4-10-36-16)23(31)27-12-14-5-3-9-35-14/h4,6-8,10-11,14,20H,3,5,9,12,25H2,1-2H3,(H2,26,30)(H,27,31)/t14-,20-/m0/s1. The fourth-order valence-electron chi connectivity index (χ4n) is 4.03. The Kier molecular flexibility index (Phi) is 7.94. The van der Waals surface area contributed by atoms with E-state index in [0.29, 0.717) is 29.6 Å². The van der Waals surface area contributed by atoms with Crippen LogP contribution in [0.4, 0.5) is 11.4 Å². The lowest BCUT2D eigenvalue weighted by Gasteiger charge is -2.30. The van der Waals surface area contributed by atoms with Gasteiger partial charge in [0.15, 0.2) is 23.2 Å². The first-order chi connectivity index (χ1) is 17.8. The second kappa shape index (κ2) is 11.3. The molecule has 1 aliphatic heterocycles. The van der Waals surface area contributed by atoms with Gasteiger partial charge in [-0.15, -0.1) is 0 Å². The molecule has 3 aromatic rings. The number of amides is 3. The SMILES string of the molecule is COc1ccc(N(C(=O)c2snc(C(N)=O)c2N)[C@H](C(=O)NC[C@@H]2CCCO2)c2ccco2)cc1OC. The van der Waals surface area contributed by atoms with Gasteiger partial charge in [-0.25, -0.2) is 0 Å². The number of methoxy groups -OCH3 is 2. The van der Waals surface area contributed by atoms with Crippen molar-refractivity contribution in [1.82, 2.24) is 9.69 Å². The van der Waals surface area contributed by atoms with Crippen molar-refractivity contribution in [3.05, 3.63) is 52.9 Å². The van der Waals surface area contributed by atoms with Crippen molar-refractivity contribution in [2.45, 2.75) is 25.0 Å². The topological polar surface area (TPSA) is 172 Å². The number of anilines is 2. The number of carbonyl (C=O) groups is 3. The van der Waals surface area contributed by atoms with Gasteiger partial charge >= 0.3 is 0 Å². The van der Waals surface area contributed by atoms with E-state index in [1.165, 1.54) is 25.4 Å². The zero-order valence-corrected chi connectivity index (χ0v) is 21.1. The van der Waals surface area contributed by atoms with Crippen LogP contribution in [-0.4, -0.2) is 55.6 Å². The molecule has 196 valence electrons. The van der Waals surface area contributed by atoms with E-state index >= 15 is 0 Å². The molecule has 0 bridgehead atoms. The molecule has 3 heterocycles. The Balaban J connectivity index is 1.81. The number of hydrogen-bond donors (Lipinski definition) is 3. The van der Waals surface area contributed by atoms with Crippen LogP contribution in [-0.2, 0) is 9.53 Å². The second-order valence-electron chi connectivity index (χ2n) is 8.15. The number of nitrogens with two attached hydrogens (primary N) is 2. The number of nitrogens with zero attached hydrogens (tertiary/aromatic N) is 2. The summed E-state index contributed by atoms with van der Waals surface area (Å²) in [6.07, 6.45) is 3.00. The monoisotopic (exact) mass is 529 g/mol. The van der Waals surface area contributed by atoms with Crippen molar-refractivity contribution in [2.24, 2.45) is 5.73 Å². The lowest BCUT2D eigenvalue weighted by atomic mass is 10.1. The van der Waals surface area contributed by atoms with Crippen LogP contribution in [0.15, 0.2) is 41.0 Å². The molecule has 1 saturated heterocycles. The van der Waals surface area contributed by atoms with E-state index in [4.69, 9.17) is 30.1 Å². The number of rotatable bonds is 10. The van der Waals surface area contributed by atoms with E-state index in [1.807, 2.05) is 0 Å². The van der Waals surface area contributed by atoms with Gasteiger partial charge in [0, 0.05) is 24.9 Å². The van der Waals surface area contributed by atoms with Crippen LogP contribution in [0.2, 0.25) is 0 Å². The molecule has 13 heteroatoms. The van der Waals surface area contributed by atoms with Crippen LogP contribution < -0.4 is 31.2 Å². The van der Waals surface area contributed by atoms with Crippen LogP contribution in [0, 0.1) is 0 Å². The van der Waals surface area contributed by atoms with E-state index in [-0.39, 0.29) is 40.4 Å². The van der Waals surface area contributed by atoms with Crippen LogP contribution in [0.3, 0.4) is 0 Å². The number of furan rings is 1. The van der Waals surface area contributed by atoms with Crippen LogP contribution in [0.25, 0.3) is 0 Å². The lowest BCUT2D eigenvalue weighted by Crippen LogP contribution is -2.45. The predicted molar refractivity (Wildman–Crippen MR) is 135 cm³/mol. The molecule has 0 saturated carbocycles. The summed E-state index contributed by atoms with van der Waals surface area (Å²) in [5, 5.41) is 2.87. The highest BCUT2D eigenvalue weighted by Gasteiger charge is 2.38. The predicted octanol–water partition coefficient (Wildman–Crippen LogP) is 2.12. The molecule has 0 aliphatic carbocycles. The van der Waals surface area contributed by atoms with Crippen molar-refractivity contribution >= 4 is 40.6 Å². The molecule has 1 aromatic carbocycles. The van der Waals surface area contributed by atoms with Crippen LogP contribution in [0.5, 0.6) is 11.5 Å². The molecule has 1 aliphatic rings. The smallest absolute Gasteiger partial charge is 0.273 e. The van der Waals surface area contributed by atoms with Crippen molar-refractivity contribution in [3.63, 3.8) is 0 Å². The van der Waals surface area contributed by atoms with Gasteiger partial charge in [0.05, 0.1) is 32.3 Å². The quantitative estimate of drug-likeness (QED) is 0.355. The van der Waals surface area contributed by atoms with E-state index < -0.39 is 23.8 Å². The molecule has 1 fully saturated rings. The third kappa shape index (κ3) is 5.37. The van der Waals surface area contributed by atoms with E-state index in [2.05, 4.69) is 9.69 Å². The Morgan fingerprint density at radius 2 is 2.03 bits per heavy atom. The summed E-state index contributed by atoms with van der Waals surface area (Å²) in [6.45, 7) is 0.893. The first-order valence-electron chi connectivity index (χ1n) is 11.4. The average Bonchev–Trinajstić information content (AvgIpc) is 3.67. The highest BCUT2D eigenvalue weighted by atomic mass is 32.1. The number of carbonyl (C=O) groups excluding carboxylic acids is 3. The number of primary amides is 1. The number of hydrogen-bond acceptors (Lipinski definition) is 10.